The fourth-order valence-electron chi connectivity index (χ4n) is 2.15. The zero-order valence-electron chi connectivity index (χ0n) is 13.9. The molecule has 0 radical (unpaired) electrons. The lowest BCUT2D eigenvalue weighted by atomic mass is 10.3. The number of thiocarbonyl (C=S) groups is 1. The fourth-order valence-corrected chi connectivity index (χ4v) is 2.32. The van der Waals surface area contributed by atoms with Gasteiger partial charge in [-0.25, -0.2) is 4.98 Å². The summed E-state index contributed by atoms with van der Waals surface area (Å²) in [5.41, 5.74) is 6.66. The van der Waals surface area contributed by atoms with Gasteiger partial charge in [-0.3, -0.25) is 20.6 Å². The molecule has 3 aromatic rings. The van der Waals surface area contributed by atoms with E-state index in [1.165, 1.54) is 6.07 Å². The second-order valence-corrected chi connectivity index (χ2v) is 5.79. The predicted octanol–water partition coefficient (Wildman–Crippen LogP) is 3.18. The molecule has 4 N–H and O–H groups in total. The summed E-state index contributed by atoms with van der Waals surface area (Å²) in [6.07, 6.45) is 0. The zero-order chi connectivity index (χ0) is 18.4. The molecule has 0 aliphatic heterocycles. The van der Waals surface area contributed by atoms with Gasteiger partial charge in [-0.15, -0.1) is 0 Å². The lowest BCUT2D eigenvalue weighted by Crippen LogP contribution is -2.34. The van der Waals surface area contributed by atoms with Crippen LogP contribution in [0.2, 0.25) is 0 Å². The quantitative estimate of drug-likeness (QED) is 0.407. The van der Waals surface area contributed by atoms with Crippen molar-refractivity contribution in [3.8, 4) is 11.5 Å². The maximum atomic E-state index is 11.4. The molecule has 1 heterocycles. The molecule has 0 bridgehead atoms. The number of H-pyrrole nitrogens is 1. The number of hydrazine groups is 1. The summed E-state index contributed by atoms with van der Waals surface area (Å²) in [7, 11) is 0. The smallest absolute Gasteiger partial charge is 0.252 e. The number of nitrogens with zero attached hydrogens (tertiary/aromatic N) is 1. The molecule has 0 saturated carbocycles. The minimum absolute atomic E-state index is 0.241. The van der Waals surface area contributed by atoms with Gasteiger partial charge in [0.1, 0.15) is 11.5 Å². The highest BCUT2D eigenvalue weighted by molar-refractivity contribution is 7.80. The van der Waals surface area contributed by atoms with Crippen molar-refractivity contribution in [1.82, 2.24) is 15.4 Å². The largest absolute Gasteiger partial charge is 0.457 e. The molecule has 0 amide bonds. The Hall–Kier alpha value is -3.39. The number of aryl methyl sites for hydroxylation is 1. The van der Waals surface area contributed by atoms with E-state index in [4.69, 9.17) is 17.0 Å². The molecule has 0 aliphatic carbocycles. The Labute approximate surface area is 155 Å². The van der Waals surface area contributed by atoms with Gasteiger partial charge in [-0.2, -0.15) is 0 Å². The number of rotatable bonds is 5. The Balaban J connectivity index is 1.53. The van der Waals surface area contributed by atoms with Gasteiger partial charge in [-0.1, -0.05) is 18.2 Å². The minimum Gasteiger partial charge on any atom is -0.457 e. The number of para-hydroxylation sites is 1. The molecule has 0 spiro atoms. The van der Waals surface area contributed by atoms with E-state index in [2.05, 4.69) is 26.1 Å². The maximum absolute atomic E-state index is 11.4. The lowest BCUT2D eigenvalue weighted by molar-refractivity contribution is 0.483. The van der Waals surface area contributed by atoms with E-state index >= 15 is 0 Å². The number of anilines is 2. The molecule has 26 heavy (non-hydrogen) atoms. The fraction of sp³-hybridized carbons (Fsp3) is 0.0556. The van der Waals surface area contributed by atoms with Crippen molar-refractivity contribution in [2.24, 2.45) is 0 Å². The van der Waals surface area contributed by atoms with Crippen molar-refractivity contribution in [1.29, 1.82) is 0 Å². The second-order valence-electron chi connectivity index (χ2n) is 5.38. The van der Waals surface area contributed by atoms with E-state index in [0.29, 0.717) is 10.8 Å². The van der Waals surface area contributed by atoms with Gasteiger partial charge in [0.25, 0.3) is 5.56 Å². The van der Waals surface area contributed by atoms with Crippen molar-refractivity contribution in [3.63, 3.8) is 0 Å². The summed E-state index contributed by atoms with van der Waals surface area (Å²) >= 11 is 5.20. The number of hydrogen-bond acceptors (Lipinski definition) is 5. The highest BCUT2D eigenvalue weighted by atomic mass is 32.1. The van der Waals surface area contributed by atoms with Gasteiger partial charge < -0.3 is 10.1 Å². The SMILES string of the molecule is Cc1cc(=O)[nH]c(NNC(=S)Nc2ccc(Oc3ccccc3)cc2)n1. The van der Waals surface area contributed by atoms with E-state index in [9.17, 15) is 4.79 Å². The third-order valence-electron chi connectivity index (χ3n) is 3.26. The van der Waals surface area contributed by atoms with E-state index in [-0.39, 0.29) is 11.5 Å². The van der Waals surface area contributed by atoms with Crippen molar-refractivity contribution >= 4 is 29.0 Å². The van der Waals surface area contributed by atoms with E-state index < -0.39 is 0 Å². The molecule has 2 aromatic carbocycles. The molecule has 3 rings (SSSR count). The molecular weight excluding hydrogens is 350 g/mol. The average molecular weight is 367 g/mol. The van der Waals surface area contributed by atoms with Crippen LogP contribution in [-0.2, 0) is 0 Å². The van der Waals surface area contributed by atoms with E-state index in [1.807, 2.05) is 54.6 Å². The van der Waals surface area contributed by atoms with Crippen molar-refractivity contribution in [2.45, 2.75) is 6.92 Å². The molecular formula is C18H17N5O2S. The standard InChI is InChI=1S/C18H17N5O2S/c1-12-11-16(24)21-17(19-12)22-23-18(26)20-13-7-9-15(10-8-13)25-14-5-3-2-4-6-14/h2-11H,1H3,(H2,20,23,26)(H2,19,21,22,24). The lowest BCUT2D eigenvalue weighted by Gasteiger charge is -2.12. The van der Waals surface area contributed by atoms with Crippen LogP contribution in [-0.4, -0.2) is 15.1 Å². The van der Waals surface area contributed by atoms with Gasteiger partial charge >= 0.3 is 0 Å². The van der Waals surface area contributed by atoms with Crippen LogP contribution < -0.4 is 26.5 Å². The monoisotopic (exact) mass is 367 g/mol. The van der Waals surface area contributed by atoms with Crippen LogP contribution in [0.25, 0.3) is 0 Å². The summed E-state index contributed by atoms with van der Waals surface area (Å²) in [5.74, 6) is 1.78. The number of hydrogen-bond donors (Lipinski definition) is 4. The highest BCUT2D eigenvalue weighted by Crippen LogP contribution is 2.22. The molecule has 0 atom stereocenters. The van der Waals surface area contributed by atoms with Gasteiger partial charge in [0.2, 0.25) is 5.95 Å². The predicted molar refractivity (Wildman–Crippen MR) is 106 cm³/mol. The third kappa shape index (κ3) is 5.05. The summed E-state index contributed by atoms with van der Waals surface area (Å²) in [4.78, 5) is 18.1. The van der Waals surface area contributed by atoms with Crippen LogP contribution in [0.15, 0.2) is 65.5 Å². The summed E-state index contributed by atoms with van der Waals surface area (Å²) < 4.78 is 5.74. The van der Waals surface area contributed by atoms with Crippen LogP contribution in [0.1, 0.15) is 5.69 Å². The van der Waals surface area contributed by atoms with Crippen LogP contribution >= 0.6 is 12.2 Å². The van der Waals surface area contributed by atoms with Crippen LogP contribution in [0.5, 0.6) is 11.5 Å². The number of nitrogens with one attached hydrogen (secondary N) is 4. The zero-order valence-corrected chi connectivity index (χ0v) is 14.8. The normalized spacial score (nSPS) is 10.0. The van der Waals surface area contributed by atoms with Crippen LogP contribution in [0.3, 0.4) is 0 Å². The molecule has 1 aromatic heterocycles. The minimum atomic E-state index is -0.241. The highest BCUT2D eigenvalue weighted by Gasteiger charge is 2.01. The Morgan fingerprint density at radius 2 is 1.77 bits per heavy atom. The summed E-state index contributed by atoms with van der Waals surface area (Å²) in [6.45, 7) is 1.73. The second kappa shape index (κ2) is 8.13. The summed E-state index contributed by atoms with van der Waals surface area (Å²) in [5, 5.41) is 3.34. The van der Waals surface area contributed by atoms with Gasteiger partial charge in [0.05, 0.1) is 0 Å². The Morgan fingerprint density at radius 3 is 2.46 bits per heavy atom. The Bertz CT molecular complexity index is 942. The molecule has 132 valence electrons. The molecule has 0 fully saturated rings. The van der Waals surface area contributed by atoms with Crippen molar-refractivity contribution in [2.75, 3.05) is 10.7 Å². The molecule has 8 heteroatoms. The van der Waals surface area contributed by atoms with Crippen molar-refractivity contribution < 1.29 is 4.74 Å². The van der Waals surface area contributed by atoms with E-state index in [0.717, 1.165) is 17.2 Å². The topological polar surface area (TPSA) is 91.1 Å². The first kappa shape index (κ1) is 17.4. The van der Waals surface area contributed by atoms with Crippen LogP contribution in [0.4, 0.5) is 11.6 Å². The number of ether oxygens (including phenoxy) is 1. The van der Waals surface area contributed by atoms with Gasteiger partial charge in [-0.05, 0) is 55.5 Å². The molecule has 0 aliphatic rings. The first-order valence-electron chi connectivity index (χ1n) is 7.82. The Morgan fingerprint density at radius 1 is 1.08 bits per heavy atom. The van der Waals surface area contributed by atoms with Gasteiger partial charge in [0.15, 0.2) is 5.11 Å². The third-order valence-corrected chi connectivity index (χ3v) is 3.46. The number of aromatic nitrogens is 2. The maximum Gasteiger partial charge on any atom is 0.252 e. The molecule has 0 saturated heterocycles. The molecule has 0 unspecified atom stereocenters. The first-order chi connectivity index (χ1) is 12.6. The van der Waals surface area contributed by atoms with Crippen LogP contribution in [0, 0.1) is 6.92 Å². The van der Waals surface area contributed by atoms with E-state index in [1.54, 1.807) is 6.92 Å². The average Bonchev–Trinajstić information content (AvgIpc) is 2.62. The molecule has 7 nitrogen and oxygen atoms in total. The van der Waals surface area contributed by atoms with Crippen molar-refractivity contribution in [3.05, 3.63) is 76.7 Å². The Kier molecular flexibility index (Phi) is 5.45. The first-order valence-corrected chi connectivity index (χ1v) is 8.23. The summed E-state index contributed by atoms with van der Waals surface area (Å²) in [6, 6.07) is 18.3. The number of aromatic amines is 1. The number of benzene rings is 2. The van der Waals surface area contributed by atoms with Gasteiger partial charge in [0, 0.05) is 17.4 Å².